The summed E-state index contributed by atoms with van der Waals surface area (Å²) < 4.78 is 31.5. The van der Waals surface area contributed by atoms with Gasteiger partial charge in [-0.2, -0.15) is 0 Å². The standard InChI is InChI=1S/C13H27N3O3S/c17-20(18,12-2-5-14-13-3-4-13)15-6-1-7-16-8-10-19-11-9-16/h13-15H,1-12H2. The van der Waals surface area contributed by atoms with E-state index in [1.54, 1.807) is 0 Å². The van der Waals surface area contributed by atoms with Gasteiger partial charge in [0.05, 0.1) is 19.0 Å². The minimum Gasteiger partial charge on any atom is -0.379 e. The van der Waals surface area contributed by atoms with Crippen LogP contribution in [0.2, 0.25) is 0 Å². The first-order chi connectivity index (χ1) is 9.66. The maximum Gasteiger partial charge on any atom is 0.211 e. The number of sulfonamides is 1. The average molecular weight is 305 g/mol. The van der Waals surface area contributed by atoms with Gasteiger partial charge < -0.3 is 10.1 Å². The van der Waals surface area contributed by atoms with E-state index in [-0.39, 0.29) is 5.75 Å². The highest BCUT2D eigenvalue weighted by Gasteiger charge is 2.20. The third kappa shape index (κ3) is 6.99. The van der Waals surface area contributed by atoms with E-state index in [9.17, 15) is 8.42 Å². The van der Waals surface area contributed by atoms with Crippen LogP contribution in [0.1, 0.15) is 25.7 Å². The molecular formula is C13H27N3O3S. The molecule has 1 aliphatic heterocycles. The predicted octanol–water partition coefficient (Wildman–Crippen LogP) is -0.230. The summed E-state index contributed by atoms with van der Waals surface area (Å²) in [4.78, 5) is 2.32. The third-order valence-corrected chi connectivity index (χ3v) is 5.15. The second kappa shape index (κ2) is 8.29. The Morgan fingerprint density at radius 3 is 2.55 bits per heavy atom. The summed E-state index contributed by atoms with van der Waals surface area (Å²) in [7, 11) is -3.10. The zero-order valence-corrected chi connectivity index (χ0v) is 13.0. The van der Waals surface area contributed by atoms with Gasteiger partial charge in [-0.05, 0) is 38.8 Å². The van der Waals surface area contributed by atoms with E-state index in [0.29, 0.717) is 19.0 Å². The molecule has 0 radical (unpaired) electrons. The fourth-order valence-corrected chi connectivity index (χ4v) is 3.41. The van der Waals surface area contributed by atoms with Gasteiger partial charge in [0.15, 0.2) is 0 Å². The summed E-state index contributed by atoms with van der Waals surface area (Å²) in [6.07, 6.45) is 4.04. The van der Waals surface area contributed by atoms with Crippen molar-refractivity contribution >= 4 is 10.0 Å². The molecule has 1 heterocycles. The lowest BCUT2D eigenvalue weighted by Gasteiger charge is -2.26. The van der Waals surface area contributed by atoms with Gasteiger partial charge in [-0.15, -0.1) is 0 Å². The summed E-state index contributed by atoms with van der Waals surface area (Å²) in [5.41, 5.74) is 0. The second-order valence-electron chi connectivity index (χ2n) is 5.60. The number of morpholine rings is 1. The molecule has 0 atom stereocenters. The van der Waals surface area contributed by atoms with Gasteiger partial charge >= 0.3 is 0 Å². The number of hydrogen-bond donors (Lipinski definition) is 2. The van der Waals surface area contributed by atoms with Crippen molar-refractivity contribution in [3.63, 3.8) is 0 Å². The summed E-state index contributed by atoms with van der Waals surface area (Å²) in [6.45, 7) is 5.78. The molecule has 7 heteroatoms. The number of ether oxygens (including phenoxy) is 1. The van der Waals surface area contributed by atoms with Gasteiger partial charge in [-0.25, -0.2) is 13.1 Å². The minimum absolute atomic E-state index is 0.226. The fraction of sp³-hybridized carbons (Fsp3) is 1.00. The van der Waals surface area contributed by atoms with Crippen molar-refractivity contribution in [3.05, 3.63) is 0 Å². The highest BCUT2D eigenvalue weighted by atomic mass is 32.2. The summed E-state index contributed by atoms with van der Waals surface area (Å²) in [6, 6.07) is 0.652. The fourth-order valence-electron chi connectivity index (χ4n) is 2.28. The molecule has 0 bridgehead atoms. The largest absolute Gasteiger partial charge is 0.379 e. The molecule has 118 valence electrons. The molecule has 1 saturated heterocycles. The molecule has 0 amide bonds. The molecule has 0 spiro atoms. The molecule has 2 rings (SSSR count). The topological polar surface area (TPSA) is 70.7 Å². The van der Waals surface area contributed by atoms with E-state index >= 15 is 0 Å². The van der Waals surface area contributed by atoms with E-state index in [1.807, 2.05) is 0 Å². The highest BCUT2D eigenvalue weighted by Crippen LogP contribution is 2.18. The molecule has 6 nitrogen and oxygen atoms in total. The van der Waals surface area contributed by atoms with Crippen LogP contribution in [0.15, 0.2) is 0 Å². The van der Waals surface area contributed by atoms with E-state index in [0.717, 1.165) is 45.8 Å². The van der Waals surface area contributed by atoms with Crippen LogP contribution in [0.5, 0.6) is 0 Å². The SMILES string of the molecule is O=S(=O)(CCCNC1CC1)NCCCN1CCOCC1. The molecule has 2 aliphatic rings. The van der Waals surface area contributed by atoms with Crippen molar-refractivity contribution in [2.24, 2.45) is 0 Å². The second-order valence-corrected chi connectivity index (χ2v) is 7.53. The lowest BCUT2D eigenvalue weighted by molar-refractivity contribution is 0.0376. The Balaban J connectivity index is 1.47. The quantitative estimate of drug-likeness (QED) is 0.546. The van der Waals surface area contributed by atoms with Gasteiger partial charge in [0.2, 0.25) is 10.0 Å². The van der Waals surface area contributed by atoms with Crippen LogP contribution in [0, 0.1) is 0 Å². The summed E-state index contributed by atoms with van der Waals surface area (Å²) in [5, 5.41) is 3.33. The highest BCUT2D eigenvalue weighted by molar-refractivity contribution is 7.89. The Kier molecular flexibility index (Phi) is 6.70. The van der Waals surface area contributed by atoms with Crippen molar-refractivity contribution in [2.75, 3.05) is 51.7 Å². The Morgan fingerprint density at radius 1 is 1.10 bits per heavy atom. The lowest BCUT2D eigenvalue weighted by Crippen LogP contribution is -2.38. The maximum absolute atomic E-state index is 11.8. The summed E-state index contributed by atoms with van der Waals surface area (Å²) >= 11 is 0. The monoisotopic (exact) mass is 305 g/mol. The third-order valence-electron chi connectivity index (χ3n) is 3.68. The van der Waals surface area contributed by atoms with Gasteiger partial charge in [-0.3, -0.25) is 4.90 Å². The first-order valence-corrected chi connectivity index (χ1v) is 9.32. The number of nitrogens with one attached hydrogen (secondary N) is 2. The Bertz CT molecular complexity index is 365. The molecule has 0 aromatic heterocycles. The predicted molar refractivity (Wildman–Crippen MR) is 79.3 cm³/mol. The van der Waals surface area contributed by atoms with Crippen LogP contribution in [0.25, 0.3) is 0 Å². The van der Waals surface area contributed by atoms with Crippen LogP contribution in [0.3, 0.4) is 0 Å². The Labute approximate surface area is 122 Å². The van der Waals surface area contributed by atoms with Crippen LogP contribution in [-0.4, -0.2) is 71.0 Å². The smallest absolute Gasteiger partial charge is 0.211 e. The number of rotatable bonds is 10. The van der Waals surface area contributed by atoms with Crippen molar-refractivity contribution < 1.29 is 13.2 Å². The van der Waals surface area contributed by atoms with Crippen LogP contribution in [0.4, 0.5) is 0 Å². The van der Waals surface area contributed by atoms with Crippen LogP contribution >= 0.6 is 0 Å². The summed E-state index contributed by atoms with van der Waals surface area (Å²) in [5.74, 6) is 0.226. The molecular weight excluding hydrogens is 278 g/mol. The maximum atomic E-state index is 11.8. The van der Waals surface area contributed by atoms with Crippen molar-refractivity contribution in [1.82, 2.24) is 14.9 Å². The first kappa shape index (κ1) is 16.2. The van der Waals surface area contributed by atoms with E-state index in [4.69, 9.17) is 4.74 Å². The molecule has 0 aromatic carbocycles. The van der Waals surface area contributed by atoms with E-state index in [1.165, 1.54) is 12.8 Å². The molecule has 2 N–H and O–H groups in total. The molecule has 20 heavy (non-hydrogen) atoms. The zero-order chi connectivity index (χ0) is 14.3. The van der Waals surface area contributed by atoms with Gasteiger partial charge in [0, 0.05) is 25.7 Å². The number of hydrogen-bond acceptors (Lipinski definition) is 5. The average Bonchev–Trinajstić information content (AvgIpc) is 3.25. The van der Waals surface area contributed by atoms with Crippen molar-refractivity contribution in [2.45, 2.75) is 31.7 Å². The van der Waals surface area contributed by atoms with Gasteiger partial charge in [0.1, 0.15) is 0 Å². The van der Waals surface area contributed by atoms with Crippen molar-refractivity contribution in [1.29, 1.82) is 0 Å². The van der Waals surface area contributed by atoms with Crippen molar-refractivity contribution in [3.8, 4) is 0 Å². The van der Waals surface area contributed by atoms with Crippen LogP contribution < -0.4 is 10.0 Å². The normalized spacial score (nSPS) is 21.2. The van der Waals surface area contributed by atoms with Gasteiger partial charge in [-0.1, -0.05) is 0 Å². The minimum atomic E-state index is -3.10. The number of nitrogens with zero attached hydrogens (tertiary/aromatic N) is 1. The lowest BCUT2D eigenvalue weighted by atomic mass is 10.3. The molecule has 0 unspecified atom stereocenters. The van der Waals surface area contributed by atoms with E-state index in [2.05, 4.69) is 14.9 Å². The Morgan fingerprint density at radius 2 is 1.85 bits per heavy atom. The zero-order valence-electron chi connectivity index (χ0n) is 12.1. The Hall–Kier alpha value is -0.210. The first-order valence-electron chi connectivity index (χ1n) is 7.66. The van der Waals surface area contributed by atoms with E-state index < -0.39 is 10.0 Å². The van der Waals surface area contributed by atoms with Crippen LogP contribution in [-0.2, 0) is 14.8 Å². The van der Waals surface area contributed by atoms with Gasteiger partial charge in [0.25, 0.3) is 0 Å². The molecule has 1 saturated carbocycles. The molecule has 0 aromatic rings. The molecule has 2 fully saturated rings. The molecule has 1 aliphatic carbocycles.